The molecule has 0 saturated heterocycles. The van der Waals surface area contributed by atoms with Crippen LogP contribution in [0.3, 0.4) is 0 Å². The fourth-order valence-corrected chi connectivity index (χ4v) is 2.94. The molecule has 2 aromatic carbocycles. The Morgan fingerprint density at radius 1 is 1.10 bits per heavy atom. The van der Waals surface area contributed by atoms with Crippen LogP contribution in [0.4, 0.5) is 0 Å². The molecule has 0 radical (unpaired) electrons. The van der Waals surface area contributed by atoms with Gasteiger partial charge in [-0.3, -0.25) is 9.59 Å². The summed E-state index contributed by atoms with van der Waals surface area (Å²) in [5, 5.41) is 2.70. The molecule has 7 nitrogen and oxygen atoms in total. The molecule has 0 aliphatic carbocycles. The Morgan fingerprint density at radius 2 is 1.83 bits per heavy atom. The lowest BCUT2D eigenvalue weighted by atomic mass is 10.2. The number of nitrogens with zero attached hydrogens (tertiary/aromatic N) is 3. The maximum atomic E-state index is 12.5. The van der Waals surface area contributed by atoms with Crippen LogP contribution >= 0.6 is 0 Å². The highest BCUT2D eigenvalue weighted by Gasteiger charge is 2.14. The van der Waals surface area contributed by atoms with Gasteiger partial charge >= 0.3 is 0 Å². The predicted molar refractivity (Wildman–Crippen MR) is 114 cm³/mol. The van der Waals surface area contributed by atoms with E-state index in [0.29, 0.717) is 31.0 Å². The number of carbonyl (C=O) groups excluding carboxylic acids is 2. The zero-order chi connectivity index (χ0) is 21.3. The van der Waals surface area contributed by atoms with E-state index in [-0.39, 0.29) is 18.4 Å². The molecule has 30 heavy (non-hydrogen) atoms. The van der Waals surface area contributed by atoms with E-state index in [2.05, 4.69) is 10.3 Å². The number of carbonyl (C=O) groups is 2. The molecular weight excluding hydrogens is 380 g/mol. The second-order valence-electron chi connectivity index (χ2n) is 6.84. The average molecular weight is 406 g/mol. The van der Waals surface area contributed by atoms with Gasteiger partial charge in [0.25, 0.3) is 5.91 Å². The number of likely N-dealkylation sites (N-methyl/N-ethyl adjacent to an activating group) is 1. The van der Waals surface area contributed by atoms with Crippen LogP contribution in [-0.4, -0.2) is 39.4 Å². The molecule has 7 heteroatoms. The molecule has 0 aliphatic heterocycles. The molecule has 0 spiro atoms. The van der Waals surface area contributed by atoms with Gasteiger partial charge in [-0.1, -0.05) is 30.3 Å². The van der Waals surface area contributed by atoms with Crippen molar-refractivity contribution in [1.29, 1.82) is 0 Å². The summed E-state index contributed by atoms with van der Waals surface area (Å²) in [5.74, 6) is 1.04. The predicted octanol–water partition coefficient (Wildman–Crippen LogP) is 2.78. The molecular formula is C23H26N4O3. The third kappa shape index (κ3) is 5.70. The van der Waals surface area contributed by atoms with Crippen LogP contribution in [0.5, 0.6) is 5.75 Å². The van der Waals surface area contributed by atoms with Gasteiger partial charge in [-0.05, 0) is 36.8 Å². The van der Waals surface area contributed by atoms with Gasteiger partial charge in [0.15, 0.2) is 0 Å². The van der Waals surface area contributed by atoms with Gasteiger partial charge in [0.05, 0.1) is 6.54 Å². The van der Waals surface area contributed by atoms with Crippen LogP contribution in [0.15, 0.2) is 67.0 Å². The van der Waals surface area contributed by atoms with Gasteiger partial charge in [0, 0.05) is 38.1 Å². The van der Waals surface area contributed by atoms with Gasteiger partial charge in [0.1, 0.15) is 18.2 Å². The van der Waals surface area contributed by atoms with Gasteiger partial charge in [0.2, 0.25) is 5.91 Å². The van der Waals surface area contributed by atoms with Crippen molar-refractivity contribution in [3.8, 4) is 5.75 Å². The van der Waals surface area contributed by atoms with E-state index in [1.54, 1.807) is 35.4 Å². The first-order valence-corrected chi connectivity index (χ1v) is 9.85. The summed E-state index contributed by atoms with van der Waals surface area (Å²) in [5.41, 5.74) is 1.53. The van der Waals surface area contributed by atoms with Gasteiger partial charge < -0.3 is 19.5 Å². The van der Waals surface area contributed by atoms with Crippen LogP contribution in [0.2, 0.25) is 0 Å². The molecule has 0 aliphatic rings. The summed E-state index contributed by atoms with van der Waals surface area (Å²) in [6.07, 6.45) is 3.57. The van der Waals surface area contributed by atoms with Crippen LogP contribution in [0.25, 0.3) is 0 Å². The van der Waals surface area contributed by atoms with E-state index in [1.165, 1.54) is 0 Å². The Balaban J connectivity index is 1.49. The molecule has 0 unspecified atom stereocenters. The quantitative estimate of drug-likeness (QED) is 0.593. The van der Waals surface area contributed by atoms with Gasteiger partial charge in [-0.2, -0.15) is 0 Å². The lowest BCUT2D eigenvalue weighted by Crippen LogP contribution is -2.39. The smallest absolute Gasteiger partial charge is 0.251 e. The fourth-order valence-electron chi connectivity index (χ4n) is 2.94. The van der Waals surface area contributed by atoms with Gasteiger partial charge in [-0.15, -0.1) is 0 Å². The number of hydrogen-bond donors (Lipinski definition) is 1. The summed E-state index contributed by atoms with van der Waals surface area (Å²) in [4.78, 5) is 30.8. The first kappa shape index (κ1) is 21.1. The van der Waals surface area contributed by atoms with E-state index in [1.807, 2.05) is 55.1 Å². The van der Waals surface area contributed by atoms with Crippen molar-refractivity contribution in [3.05, 3.63) is 83.9 Å². The Morgan fingerprint density at radius 3 is 2.47 bits per heavy atom. The van der Waals surface area contributed by atoms with Crippen LogP contribution in [0.1, 0.15) is 28.7 Å². The van der Waals surface area contributed by atoms with Crippen molar-refractivity contribution in [2.24, 2.45) is 7.05 Å². The van der Waals surface area contributed by atoms with Crippen molar-refractivity contribution >= 4 is 11.8 Å². The van der Waals surface area contributed by atoms with Crippen molar-refractivity contribution in [3.63, 3.8) is 0 Å². The fraction of sp³-hybridized carbons (Fsp3) is 0.261. The number of ether oxygens (including phenoxy) is 1. The summed E-state index contributed by atoms with van der Waals surface area (Å²) >= 11 is 0. The number of rotatable bonds is 9. The molecule has 156 valence electrons. The van der Waals surface area contributed by atoms with E-state index in [0.717, 1.165) is 11.4 Å². The van der Waals surface area contributed by atoms with E-state index in [9.17, 15) is 9.59 Å². The minimum atomic E-state index is -0.297. The lowest BCUT2D eigenvalue weighted by Gasteiger charge is -2.21. The second kappa shape index (κ2) is 10.2. The molecule has 0 fully saturated rings. The van der Waals surface area contributed by atoms with Crippen molar-refractivity contribution in [2.75, 3.05) is 13.1 Å². The zero-order valence-corrected chi connectivity index (χ0v) is 17.2. The number of amides is 2. The third-order valence-corrected chi connectivity index (χ3v) is 4.76. The van der Waals surface area contributed by atoms with Crippen molar-refractivity contribution in [1.82, 2.24) is 19.8 Å². The monoisotopic (exact) mass is 406 g/mol. The Labute approximate surface area is 176 Å². The van der Waals surface area contributed by atoms with E-state index < -0.39 is 0 Å². The van der Waals surface area contributed by atoms with Gasteiger partial charge in [-0.25, -0.2) is 4.98 Å². The number of nitrogens with one attached hydrogen (secondary N) is 1. The van der Waals surface area contributed by atoms with Crippen molar-refractivity contribution in [2.45, 2.75) is 20.1 Å². The van der Waals surface area contributed by atoms with Crippen molar-refractivity contribution < 1.29 is 14.3 Å². The average Bonchev–Trinajstić information content (AvgIpc) is 3.19. The van der Waals surface area contributed by atoms with E-state index in [4.69, 9.17) is 4.74 Å². The zero-order valence-electron chi connectivity index (χ0n) is 17.2. The molecule has 2 amide bonds. The Bertz CT molecular complexity index is 968. The highest BCUT2D eigenvalue weighted by molar-refractivity contribution is 5.96. The van der Waals surface area contributed by atoms with Crippen LogP contribution in [-0.2, 0) is 25.0 Å². The lowest BCUT2D eigenvalue weighted by molar-refractivity contribution is -0.130. The molecule has 0 bridgehead atoms. The number of imidazole rings is 1. The third-order valence-electron chi connectivity index (χ3n) is 4.76. The summed E-state index contributed by atoms with van der Waals surface area (Å²) in [7, 11) is 1.90. The minimum absolute atomic E-state index is 0.0447. The summed E-state index contributed by atoms with van der Waals surface area (Å²) in [6.45, 7) is 3.32. The summed E-state index contributed by atoms with van der Waals surface area (Å²) in [6, 6.07) is 16.6. The molecule has 0 atom stereocenters. The first-order valence-electron chi connectivity index (χ1n) is 9.85. The summed E-state index contributed by atoms with van der Waals surface area (Å²) < 4.78 is 7.58. The van der Waals surface area contributed by atoms with Crippen LogP contribution in [0, 0.1) is 0 Å². The maximum Gasteiger partial charge on any atom is 0.251 e. The Hall–Kier alpha value is -3.61. The maximum absolute atomic E-state index is 12.5. The van der Waals surface area contributed by atoms with Crippen LogP contribution < -0.4 is 10.1 Å². The normalized spacial score (nSPS) is 10.5. The number of aromatic nitrogens is 2. The standard InChI is InChI=1S/C23H26N4O3/c1-3-27(16-18-7-5-4-6-8-18)22(28)15-25-23(29)19-9-11-20(12-10-19)30-17-21-24-13-14-26(21)2/h4-14H,3,15-17H2,1-2H3,(H,25,29). The molecule has 3 rings (SSSR count). The molecule has 3 aromatic rings. The first-order chi connectivity index (χ1) is 14.6. The largest absolute Gasteiger partial charge is 0.486 e. The number of hydrogen-bond acceptors (Lipinski definition) is 4. The number of benzene rings is 2. The topological polar surface area (TPSA) is 76.5 Å². The molecule has 1 aromatic heterocycles. The molecule has 1 heterocycles. The SMILES string of the molecule is CCN(Cc1ccccc1)C(=O)CNC(=O)c1ccc(OCc2nccn2C)cc1. The Kier molecular flexibility index (Phi) is 7.21. The number of aryl methyl sites for hydroxylation is 1. The molecule has 0 saturated carbocycles. The second-order valence-corrected chi connectivity index (χ2v) is 6.84. The highest BCUT2D eigenvalue weighted by Crippen LogP contribution is 2.14. The van der Waals surface area contributed by atoms with E-state index >= 15 is 0 Å². The molecule has 1 N–H and O–H groups in total. The highest BCUT2D eigenvalue weighted by atomic mass is 16.5. The minimum Gasteiger partial charge on any atom is -0.486 e.